The third kappa shape index (κ3) is 4.80. The molecular formula is C20H23ClN2O2. The van der Waals surface area contributed by atoms with Crippen LogP contribution in [0.1, 0.15) is 42.9 Å². The van der Waals surface area contributed by atoms with E-state index in [1.165, 1.54) is 0 Å². The molecule has 5 heteroatoms. The van der Waals surface area contributed by atoms with Gasteiger partial charge in [-0.15, -0.1) is 0 Å². The molecule has 0 aliphatic heterocycles. The molecule has 1 heterocycles. The van der Waals surface area contributed by atoms with Gasteiger partial charge in [0.25, 0.3) is 0 Å². The van der Waals surface area contributed by atoms with Crippen LogP contribution < -0.4 is 5.32 Å². The smallest absolute Gasteiger partial charge is 0.228 e. The van der Waals surface area contributed by atoms with Crippen LogP contribution in [0.15, 0.2) is 48.7 Å². The molecule has 2 aromatic rings. The van der Waals surface area contributed by atoms with E-state index in [0.29, 0.717) is 18.0 Å². The summed E-state index contributed by atoms with van der Waals surface area (Å²) in [6.45, 7) is 0.304. The van der Waals surface area contributed by atoms with Gasteiger partial charge in [-0.2, -0.15) is 0 Å². The number of amides is 1. The molecule has 1 aromatic heterocycles. The highest BCUT2D eigenvalue weighted by atomic mass is 35.5. The fraction of sp³-hybridized carbons (Fsp3) is 0.400. The first-order valence-corrected chi connectivity index (χ1v) is 9.09. The van der Waals surface area contributed by atoms with Crippen LogP contribution in [0.3, 0.4) is 0 Å². The average molecular weight is 359 g/mol. The number of pyridine rings is 1. The molecule has 1 aliphatic rings. The van der Waals surface area contributed by atoms with Gasteiger partial charge in [0.15, 0.2) is 0 Å². The first kappa shape index (κ1) is 17.9. The third-order valence-electron chi connectivity index (χ3n) is 4.85. The number of aromatic nitrogens is 1. The number of nitrogens with zero attached hydrogens (tertiary/aromatic N) is 1. The summed E-state index contributed by atoms with van der Waals surface area (Å²) in [7, 11) is 0. The minimum absolute atomic E-state index is 0.0895. The normalized spacial score (nSPS) is 17.2. The van der Waals surface area contributed by atoms with Gasteiger partial charge in [0, 0.05) is 29.9 Å². The van der Waals surface area contributed by atoms with Crippen molar-refractivity contribution in [2.75, 3.05) is 6.54 Å². The molecule has 0 radical (unpaired) electrons. The average Bonchev–Trinajstić information content (AvgIpc) is 3.06. The van der Waals surface area contributed by atoms with E-state index in [-0.39, 0.29) is 11.8 Å². The quantitative estimate of drug-likeness (QED) is 0.831. The zero-order valence-electron chi connectivity index (χ0n) is 14.1. The van der Waals surface area contributed by atoms with Crippen molar-refractivity contribution in [3.05, 3.63) is 64.9 Å². The zero-order valence-corrected chi connectivity index (χ0v) is 14.9. The molecule has 1 aliphatic carbocycles. The molecule has 1 atom stereocenters. The third-order valence-corrected chi connectivity index (χ3v) is 5.11. The van der Waals surface area contributed by atoms with Crippen LogP contribution in [0.2, 0.25) is 5.02 Å². The summed E-state index contributed by atoms with van der Waals surface area (Å²) in [6.07, 6.45) is 5.76. The second-order valence-corrected chi connectivity index (χ2v) is 7.22. The van der Waals surface area contributed by atoms with Crippen LogP contribution in [0.4, 0.5) is 0 Å². The van der Waals surface area contributed by atoms with Crippen LogP contribution in [0.25, 0.3) is 0 Å². The molecule has 4 nitrogen and oxygen atoms in total. The maximum atomic E-state index is 12.8. The number of hydrogen-bond acceptors (Lipinski definition) is 3. The van der Waals surface area contributed by atoms with Gasteiger partial charge in [-0.05, 0) is 42.7 Å². The topological polar surface area (TPSA) is 62.2 Å². The Morgan fingerprint density at radius 1 is 1.20 bits per heavy atom. The van der Waals surface area contributed by atoms with Crippen LogP contribution in [0.5, 0.6) is 0 Å². The van der Waals surface area contributed by atoms with Crippen molar-refractivity contribution in [2.24, 2.45) is 0 Å². The molecule has 1 fully saturated rings. The number of rotatable bonds is 6. The van der Waals surface area contributed by atoms with Crippen molar-refractivity contribution in [1.82, 2.24) is 10.3 Å². The van der Waals surface area contributed by atoms with Gasteiger partial charge in [-0.1, -0.05) is 42.6 Å². The predicted molar refractivity (Wildman–Crippen MR) is 98.6 cm³/mol. The lowest BCUT2D eigenvalue weighted by molar-refractivity contribution is -0.123. The van der Waals surface area contributed by atoms with E-state index in [1.807, 2.05) is 30.3 Å². The molecule has 1 aromatic carbocycles. The Balaban J connectivity index is 1.75. The summed E-state index contributed by atoms with van der Waals surface area (Å²) >= 11 is 5.98. The van der Waals surface area contributed by atoms with Gasteiger partial charge >= 0.3 is 0 Å². The Morgan fingerprint density at radius 3 is 2.56 bits per heavy atom. The van der Waals surface area contributed by atoms with Crippen LogP contribution in [-0.2, 0) is 11.2 Å². The maximum Gasteiger partial charge on any atom is 0.228 e. The van der Waals surface area contributed by atoms with Gasteiger partial charge in [0.2, 0.25) is 5.91 Å². The lowest BCUT2D eigenvalue weighted by Crippen LogP contribution is -2.42. The van der Waals surface area contributed by atoms with Gasteiger partial charge < -0.3 is 10.4 Å². The van der Waals surface area contributed by atoms with Crippen molar-refractivity contribution >= 4 is 17.5 Å². The van der Waals surface area contributed by atoms with E-state index >= 15 is 0 Å². The molecule has 25 heavy (non-hydrogen) atoms. The summed E-state index contributed by atoms with van der Waals surface area (Å²) in [4.78, 5) is 17.2. The molecule has 0 saturated heterocycles. The molecule has 2 N–H and O–H groups in total. The molecular weight excluding hydrogens is 336 g/mol. The summed E-state index contributed by atoms with van der Waals surface area (Å²) in [6, 6.07) is 13.0. The van der Waals surface area contributed by atoms with Crippen molar-refractivity contribution in [1.29, 1.82) is 0 Å². The number of halogens is 1. The molecule has 3 rings (SSSR count). The highest BCUT2D eigenvalue weighted by molar-refractivity contribution is 6.30. The first-order valence-electron chi connectivity index (χ1n) is 8.71. The first-order chi connectivity index (χ1) is 12.1. The number of carbonyl (C=O) groups excluding carboxylic acids is 1. The Morgan fingerprint density at radius 2 is 1.92 bits per heavy atom. The number of carbonyl (C=O) groups is 1. The van der Waals surface area contributed by atoms with Gasteiger partial charge in [-0.3, -0.25) is 9.78 Å². The maximum absolute atomic E-state index is 12.8. The van der Waals surface area contributed by atoms with Crippen molar-refractivity contribution in [3.8, 4) is 0 Å². The molecule has 1 unspecified atom stereocenters. The van der Waals surface area contributed by atoms with E-state index in [0.717, 1.165) is 36.9 Å². The Hall–Kier alpha value is -1.91. The molecule has 1 saturated carbocycles. The SMILES string of the molecule is O=C(NCC1(O)CCCC1)C(Cc1ccccn1)c1ccc(Cl)cc1. The number of hydrogen-bond donors (Lipinski definition) is 2. The fourth-order valence-electron chi connectivity index (χ4n) is 3.37. The van der Waals surface area contributed by atoms with E-state index in [1.54, 1.807) is 18.3 Å². The fourth-order valence-corrected chi connectivity index (χ4v) is 3.50. The number of nitrogens with one attached hydrogen (secondary N) is 1. The highest BCUT2D eigenvalue weighted by Gasteiger charge is 2.32. The summed E-state index contributed by atoms with van der Waals surface area (Å²) < 4.78 is 0. The molecule has 1 amide bonds. The van der Waals surface area contributed by atoms with Gasteiger partial charge in [0.05, 0.1) is 11.5 Å². The van der Waals surface area contributed by atoms with E-state index < -0.39 is 5.60 Å². The molecule has 0 spiro atoms. The van der Waals surface area contributed by atoms with Crippen molar-refractivity contribution in [3.63, 3.8) is 0 Å². The van der Waals surface area contributed by atoms with Crippen LogP contribution in [-0.4, -0.2) is 28.1 Å². The highest BCUT2D eigenvalue weighted by Crippen LogP contribution is 2.29. The summed E-state index contributed by atoms with van der Waals surface area (Å²) in [5.41, 5.74) is 0.994. The Kier molecular flexibility index (Phi) is 5.71. The van der Waals surface area contributed by atoms with Gasteiger partial charge in [0.1, 0.15) is 0 Å². The molecule has 132 valence electrons. The largest absolute Gasteiger partial charge is 0.388 e. The number of benzene rings is 1. The summed E-state index contributed by atoms with van der Waals surface area (Å²) in [5.74, 6) is -0.453. The van der Waals surface area contributed by atoms with Gasteiger partial charge in [-0.25, -0.2) is 0 Å². The van der Waals surface area contributed by atoms with E-state index in [4.69, 9.17) is 11.6 Å². The zero-order chi connectivity index (χ0) is 17.7. The Labute approximate surface area is 153 Å². The lowest BCUT2D eigenvalue weighted by Gasteiger charge is -2.24. The second kappa shape index (κ2) is 7.98. The molecule has 0 bridgehead atoms. The lowest BCUT2D eigenvalue weighted by atomic mass is 9.92. The number of aliphatic hydroxyl groups is 1. The van der Waals surface area contributed by atoms with Crippen molar-refractivity contribution < 1.29 is 9.90 Å². The van der Waals surface area contributed by atoms with Crippen molar-refractivity contribution in [2.45, 2.75) is 43.6 Å². The summed E-state index contributed by atoms with van der Waals surface area (Å²) in [5, 5.41) is 14.1. The van der Waals surface area contributed by atoms with Crippen LogP contribution >= 0.6 is 11.6 Å². The Bertz CT molecular complexity index is 697. The minimum atomic E-state index is -0.759. The van der Waals surface area contributed by atoms with E-state index in [2.05, 4.69) is 10.3 Å². The van der Waals surface area contributed by atoms with Crippen LogP contribution in [0, 0.1) is 0 Å². The predicted octanol–water partition coefficient (Wildman–Crippen LogP) is 3.48. The standard InChI is InChI=1S/C20H23ClN2O2/c21-16-8-6-15(7-9-16)18(13-17-5-1-4-12-22-17)19(24)23-14-20(25)10-2-3-11-20/h1,4-9,12,18,25H,2-3,10-11,13-14H2,(H,23,24). The second-order valence-electron chi connectivity index (χ2n) is 6.78. The monoisotopic (exact) mass is 358 g/mol. The van der Waals surface area contributed by atoms with E-state index in [9.17, 15) is 9.90 Å². The minimum Gasteiger partial charge on any atom is -0.388 e.